The molecule has 0 amide bonds. The van der Waals surface area contributed by atoms with Crippen LogP contribution in [0.5, 0.6) is 0 Å². The Morgan fingerprint density at radius 1 is 1.21 bits per heavy atom. The Morgan fingerprint density at radius 2 is 1.79 bits per heavy atom. The van der Waals surface area contributed by atoms with Crippen LogP contribution in [0.2, 0.25) is 0 Å². The van der Waals surface area contributed by atoms with E-state index in [-0.39, 0.29) is 0 Å². The van der Waals surface area contributed by atoms with Crippen molar-refractivity contribution in [2.45, 2.75) is 63.2 Å². The lowest BCUT2D eigenvalue weighted by Crippen LogP contribution is -2.40. The average Bonchev–Trinajstić information content (AvgIpc) is 2.69. The van der Waals surface area contributed by atoms with Gasteiger partial charge in [0.1, 0.15) is 0 Å². The molecular formula is C12H25NS. The van der Waals surface area contributed by atoms with Crippen LogP contribution in [-0.4, -0.2) is 23.6 Å². The summed E-state index contributed by atoms with van der Waals surface area (Å²) in [4.78, 5) is 0. The smallest absolute Gasteiger partial charge is 0.0281 e. The molecule has 1 fully saturated rings. The van der Waals surface area contributed by atoms with Crippen molar-refractivity contribution in [1.82, 2.24) is 5.32 Å². The highest BCUT2D eigenvalue weighted by Crippen LogP contribution is 2.39. The molecule has 0 heterocycles. The molecule has 2 heteroatoms. The van der Waals surface area contributed by atoms with Gasteiger partial charge >= 0.3 is 0 Å². The van der Waals surface area contributed by atoms with Crippen molar-refractivity contribution >= 4 is 11.8 Å². The van der Waals surface area contributed by atoms with Gasteiger partial charge in [-0.2, -0.15) is 11.8 Å². The van der Waals surface area contributed by atoms with E-state index in [2.05, 4.69) is 37.2 Å². The Balaban J connectivity index is 2.33. The molecule has 14 heavy (non-hydrogen) atoms. The Bertz CT molecular complexity index is 148. The van der Waals surface area contributed by atoms with E-state index in [0.29, 0.717) is 4.75 Å². The lowest BCUT2D eigenvalue weighted by Gasteiger charge is -2.29. The molecule has 1 nitrogen and oxygen atoms in total. The van der Waals surface area contributed by atoms with Gasteiger partial charge in [-0.1, -0.05) is 26.7 Å². The van der Waals surface area contributed by atoms with Crippen molar-refractivity contribution in [3.63, 3.8) is 0 Å². The second kappa shape index (κ2) is 6.02. The zero-order valence-corrected chi connectivity index (χ0v) is 10.8. The third kappa shape index (κ3) is 3.16. The van der Waals surface area contributed by atoms with E-state index >= 15 is 0 Å². The summed E-state index contributed by atoms with van der Waals surface area (Å²) in [6.07, 6.45) is 10.5. The van der Waals surface area contributed by atoms with Crippen molar-refractivity contribution in [3.05, 3.63) is 0 Å². The monoisotopic (exact) mass is 215 g/mol. The normalized spacial score (nSPS) is 20.6. The maximum absolute atomic E-state index is 3.73. The summed E-state index contributed by atoms with van der Waals surface area (Å²) in [5.74, 6) is 0. The number of thioether (sulfide) groups is 1. The lowest BCUT2D eigenvalue weighted by molar-refractivity contribution is 0.439. The molecule has 0 aliphatic heterocycles. The molecule has 0 unspecified atom stereocenters. The summed E-state index contributed by atoms with van der Waals surface area (Å²) in [5.41, 5.74) is 0. The number of nitrogens with one attached hydrogen (secondary N) is 1. The van der Waals surface area contributed by atoms with Crippen LogP contribution in [0.3, 0.4) is 0 Å². The van der Waals surface area contributed by atoms with Gasteiger partial charge in [-0.25, -0.2) is 0 Å². The van der Waals surface area contributed by atoms with Gasteiger partial charge in [0.05, 0.1) is 0 Å². The highest BCUT2D eigenvalue weighted by molar-refractivity contribution is 8.00. The van der Waals surface area contributed by atoms with Crippen LogP contribution in [0.1, 0.15) is 52.4 Å². The highest BCUT2D eigenvalue weighted by Gasteiger charge is 2.32. The molecule has 0 spiro atoms. The Kier molecular flexibility index (Phi) is 5.32. The van der Waals surface area contributed by atoms with Gasteiger partial charge in [0.15, 0.2) is 0 Å². The minimum atomic E-state index is 0.572. The van der Waals surface area contributed by atoms with Gasteiger partial charge < -0.3 is 5.32 Å². The first kappa shape index (κ1) is 12.4. The van der Waals surface area contributed by atoms with Crippen LogP contribution < -0.4 is 5.32 Å². The van der Waals surface area contributed by atoms with Crippen molar-refractivity contribution < 1.29 is 0 Å². The fourth-order valence-corrected chi connectivity index (χ4v) is 3.30. The summed E-state index contributed by atoms with van der Waals surface area (Å²) in [7, 11) is 0. The van der Waals surface area contributed by atoms with E-state index in [0.717, 1.165) is 6.04 Å². The van der Waals surface area contributed by atoms with Gasteiger partial charge in [0.2, 0.25) is 0 Å². The maximum Gasteiger partial charge on any atom is 0.0281 e. The SMILES string of the molecule is CCC(CC)NCC1(SC)CCCC1. The van der Waals surface area contributed by atoms with Gasteiger partial charge in [0, 0.05) is 17.3 Å². The van der Waals surface area contributed by atoms with E-state index in [1.807, 2.05) is 0 Å². The van der Waals surface area contributed by atoms with Crippen LogP contribution >= 0.6 is 11.8 Å². The zero-order valence-electron chi connectivity index (χ0n) is 9.94. The Morgan fingerprint density at radius 3 is 2.21 bits per heavy atom. The first-order valence-corrected chi connectivity index (χ1v) is 7.27. The lowest BCUT2D eigenvalue weighted by atomic mass is 10.1. The van der Waals surface area contributed by atoms with E-state index in [1.165, 1.54) is 45.1 Å². The predicted molar refractivity (Wildman–Crippen MR) is 67.1 cm³/mol. The third-order valence-corrected chi connectivity index (χ3v) is 5.06. The number of rotatable bonds is 6. The fraction of sp³-hybridized carbons (Fsp3) is 1.00. The minimum absolute atomic E-state index is 0.572. The molecule has 0 saturated heterocycles. The van der Waals surface area contributed by atoms with Crippen molar-refractivity contribution in [2.75, 3.05) is 12.8 Å². The molecule has 0 aromatic carbocycles. The molecule has 1 rings (SSSR count). The number of hydrogen-bond donors (Lipinski definition) is 1. The van der Waals surface area contributed by atoms with E-state index < -0.39 is 0 Å². The first-order valence-electron chi connectivity index (χ1n) is 6.05. The van der Waals surface area contributed by atoms with Crippen molar-refractivity contribution in [3.8, 4) is 0 Å². The second-order valence-corrected chi connectivity index (χ2v) is 5.76. The first-order chi connectivity index (χ1) is 6.76. The molecule has 1 saturated carbocycles. The van der Waals surface area contributed by atoms with E-state index in [1.54, 1.807) is 0 Å². The molecule has 0 aromatic heterocycles. The average molecular weight is 215 g/mol. The van der Waals surface area contributed by atoms with Crippen molar-refractivity contribution in [2.24, 2.45) is 0 Å². The largest absolute Gasteiger partial charge is 0.313 e. The maximum atomic E-state index is 3.73. The molecule has 0 bridgehead atoms. The molecule has 0 aromatic rings. The zero-order chi connectivity index (χ0) is 10.4. The van der Waals surface area contributed by atoms with Crippen LogP contribution in [-0.2, 0) is 0 Å². The number of hydrogen-bond acceptors (Lipinski definition) is 2. The predicted octanol–water partition coefficient (Wildman–Crippen LogP) is 3.44. The van der Waals surface area contributed by atoms with Crippen LogP contribution in [0, 0.1) is 0 Å². The van der Waals surface area contributed by atoms with Crippen molar-refractivity contribution in [1.29, 1.82) is 0 Å². The Labute approximate surface area is 93.4 Å². The summed E-state index contributed by atoms with van der Waals surface area (Å²) >= 11 is 2.08. The summed E-state index contributed by atoms with van der Waals surface area (Å²) in [6, 6.07) is 0.736. The van der Waals surface area contributed by atoms with Gasteiger partial charge in [-0.05, 0) is 31.9 Å². The van der Waals surface area contributed by atoms with Crippen LogP contribution in [0.15, 0.2) is 0 Å². The standard InChI is InChI=1S/C12H25NS/c1-4-11(5-2)13-10-12(14-3)8-6-7-9-12/h11,13H,4-10H2,1-3H3. The highest BCUT2D eigenvalue weighted by atomic mass is 32.2. The molecule has 1 aliphatic rings. The molecule has 84 valence electrons. The molecule has 0 radical (unpaired) electrons. The molecule has 1 N–H and O–H groups in total. The Hall–Kier alpha value is 0.310. The molecular weight excluding hydrogens is 190 g/mol. The van der Waals surface area contributed by atoms with Crippen LogP contribution in [0.4, 0.5) is 0 Å². The van der Waals surface area contributed by atoms with Crippen LogP contribution in [0.25, 0.3) is 0 Å². The molecule has 1 aliphatic carbocycles. The molecule has 0 atom stereocenters. The van der Waals surface area contributed by atoms with Gasteiger partial charge in [0.25, 0.3) is 0 Å². The summed E-state index contributed by atoms with van der Waals surface area (Å²) in [6.45, 7) is 5.78. The quantitative estimate of drug-likeness (QED) is 0.728. The van der Waals surface area contributed by atoms with Gasteiger partial charge in [-0.15, -0.1) is 0 Å². The van der Waals surface area contributed by atoms with Gasteiger partial charge in [-0.3, -0.25) is 0 Å². The summed E-state index contributed by atoms with van der Waals surface area (Å²) in [5, 5.41) is 3.73. The van der Waals surface area contributed by atoms with E-state index in [9.17, 15) is 0 Å². The fourth-order valence-electron chi connectivity index (χ4n) is 2.38. The second-order valence-electron chi connectivity index (χ2n) is 4.49. The minimum Gasteiger partial charge on any atom is -0.313 e. The van der Waals surface area contributed by atoms with E-state index in [4.69, 9.17) is 0 Å². The topological polar surface area (TPSA) is 12.0 Å². The summed E-state index contributed by atoms with van der Waals surface area (Å²) < 4.78 is 0.572. The third-order valence-electron chi connectivity index (χ3n) is 3.65.